The van der Waals surface area contributed by atoms with Crippen molar-refractivity contribution < 1.29 is 14.6 Å². The second kappa shape index (κ2) is 6.02. The van der Waals surface area contributed by atoms with Crippen molar-refractivity contribution in [2.45, 2.75) is 13.5 Å². The summed E-state index contributed by atoms with van der Waals surface area (Å²) in [5.41, 5.74) is 0.304. The third kappa shape index (κ3) is 2.81. The standard InChI is InChI=1S/C11H14ClN5O3/c1-6(19)17-4-3-13-11(17)16-8-9(12)14-7(5-18)15-10(8)20-2/h18H,3-5H2,1-2H3,(H,13,16). The van der Waals surface area contributed by atoms with E-state index < -0.39 is 0 Å². The monoisotopic (exact) mass is 299 g/mol. The number of methoxy groups -OCH3 is 1. The van der Waals surface area contributed by atoms with Crippen molar-refractivity contribution in [1.29, 1.82) is 0 Å². The number of guanidine groups is 1. The molecule has 9 heteroatoms. The molecule has 0 fully saturated rings. The topological polar surface area (TPSA) is 99.9 Å². The van der Waals surface area contributed by atoms with Gasteiger partial charge in [-0.3, -0.25) is 14.7 Å². The number of carbonyl (C=O) groups is 1. The minimum Gasteiger partial charge on any atom is -0.479 e. The van der Waals surface area contributed by atoms with Crippen LogP contribution in [0.4, 0.5) is 5.69 Å². The lowest BCUT2D eigenvalue weighted by Crippen LogP contribution is -2.37. The molecule has 0 aliphatic carbocycles. The van der Waals surface area contributed by atoms with Crippen LogP contribution in [0.3, 0.4) is 0 Å². The Labute approximate surface area is 120 Å². The number of aliphatic hydroxyl groups excluding tert-OH is 1. The lowest BCUT2D eigenvalue weighted by atomic mass is 10.4. The molecule has 2 rings (SSSR count). The summed E-state index contributed by atoms with van der Waals surface area (Å²) in [6, 6.07) is 0. The number of aliphatic hydroxyl groups is 1. The Bertz CT molecular complexity index is 563. The predicted octanol–water partition coefficient (Wildman–Crippen LogP) is 0.261. The Hall–Kier alpha value is -1.93. The largest absolute Gasteiger partial charge is 0.479 e. The maximum absolute atomic E-state index is 11.5. The molecular weight excluding hydrogens is 286 g/mol. The molecule has 0 radical (unpaired) electrons. The van der Waals surface area contributed by atoms with E-state index in [9.17, 15) is 4.79 Å². The van der Waals surface area contributed by atoms with E-state index in [1.165, 1.54) is 18.9 Å². The zero-order valence-corrected chi connectivity index (χ0v) is 11.8. The molecule has 1 aliphatic rings. The second-order valence-electron chi connectivity index (χ2n) is 3.97. The zero-order chi connectivity index (χ0) is 14.7. The Kier molecular flexibility index (Phi) is 4.35. The molecule has 0 spiro atoms. The SMILES string of the molecule is COc1nc(CO)nc(Cl)c1NC1=NCCN1C(C)=O. The normalized spacial score (nSPS) is 14.2. The minimum atomic E-state index is -0.350. The van der Waals surface area contributed by atoms with Crippen LogP contribution in [0.25, 0.3) is 0 Å². The molecule has 0 saturated heterocycles. The molecule has 1 amide bonds. The first-order valence-electron chi connectivity index (χ1n) is 5.87. The number of anilines is 1. The lowest BCUT2D eigenvalue weighted by molar-refractivity contribution is -0.124. The van der Waals surface area contributed by atoms with Gasteiger partial charge in [0.2, 0.25) is 17.7 Å². The number of halogens is 1. The molecule has 0 bridgehead atoms. The predicted molar refractivity (Wildman–Crippen MR) is 72.8 cm³/mol. The van der Waals surface area contributed by atoms with Crippen LogP contribution in [-0.2, 0) is 11.4 Å². The number of nitrogens with zero attached hydrogens (tertiary/aromatic N) is 4. The van der Waals surface area contributed by atoms with Crippen LogP contribution < -0.4 is 10.1 Å². The first-order valence-corrected chi connectivity index (χ1v) is 6.25. The van der Waals surface area contributed by atoms with Crippen LogP contribution in [0.5, 0.6) is 5.88 Å². The highest BCUT2D eigenvalue weighted by atomic mass is 35.5. The van der Waals surface area contributed by atoms with Crippen LogP contribution in [0, 0.1) is 0 Å². The van der Waals surface area contributed by atoms with Crippen LogP contribution >= 0.6 is 11.6 Å². The van der Waals surface area contributed by atoms with Gasteiger partial charge >= 0.3 is 0 Å². The van der Waals surface area contributed by atoms with Crippen molar-refractivity contribution in [2.24, 2.45) is 4.99 Å². The van der Waals surface area contributed by atoms with Crippen molar-refractivity contribution in [3.63, 3.8) is 0 Å². The fraction of sp³-hybridized carbons (Fsp3) is 0.455. The first kappa shape index (κ1) is 14.5. The molecule has 1 aromatic rings. The average molecular weight is 300 g/mol. The Morgan fingerprint density at radius 2 is 2.30 bits per heavy atom. The van der Waals surface area contributed by atoms with E-state index in [1.54, 1.807) is 0 Å². The number of nitrogens with one attached hydrogen (secondary N) is 1. The van der Waals surface area contributed by atoms with Crippen molar-refractivity contribution in [3.8, 4) is 5.88 Å². The van der Waals surface area contributed by atoms with Crippen LogP contribution in [0.1, 0.15) is 12.7 Å². The molecule has 2 N–H and O–H groups in total. The molecule has 2 heterocycles. The molecule has 0 unspecified atom stereocenters. The summed E-state index contributed by atoms with van der Waals surface area (Å²) in [5, 5.41) is 12.0. The van der Waals surface area contributed by atoms with Crippen LogP contribution in [0.15, 0.2) is 4.99 Å². The van der Waals surface area contributed by atoms with Crippen molar-refractivity contribution in [1.82, 2.24) is 14.9 Å². The number of aliphatic imine (C=N–C) groups is 1. The van der Waals surface area contributed by atoms with E-state index in [0.717, 1.165) is 0 Å². The maximum atomic E-state index is 11.5. The van der Waals surface area contributed by atoms with Gasteiger partial charge in [-0.15, -0.1) is 0 Å². The smallest absolute Gasteiger partial charge is 0.242 e. The first-order chi connectivity index (χ1) is 9.56. The summed E-state index contributed by atoms with van der Waals surface area (Å²) in [4.78, 5) is 25.0. The summed E-state index contributed by atoms with van der Waals surface area (Å²) in [5.74, 6) is 0.566. The number of aromatic nitrogens is 2. The summed E-state index contributed by atoms with van der Waals surface area (Å²) in [6.07, 6.45) is 0. The fourth-order valence-electron chi connectivity index (χ4n) is 1.75. The molecule has 8 nitrogen and oxygen atoms in total. The van der Waals surface area contributed by atoms with E-state index in [-0.39, 0.29) is 29.4 Å². The van der Waals surface area contributed by atoms with E-state index in [4.69, 9.17) is 21.4 Å². The van der Waals surface area contributed by atoms with Gasteiger partial charge < -0.3 is 15.2 Å². The number of hydrogen-bond acceptors (Lipinski definition) is 7. The van der Waals surface area contributed by atoms with Crippen molar-refractivity contribution >= 4 is 29.2 Å². The molecule has 0 saturated carbocycles. The highest BCUT2D eigenvalue weighted by Gasteiger charge is 2.24. The average Bonchev–Trinajstić information content (AvgIpc) is 2.89. The number of amides is 1. The lowest BCUT2D eigenvalue weighted by Gasteiger charge is -2.18. The molecule has 108 valence electrons. The van der Waals surface area contributed by atoms with Gasteiger partial charge in [0.15, 0.2) is 11.0 Å². The summed E-state index contributed by atoms with van der Waals surface area (Å²) >= 11 is 6.03. The van der Waals surface area contributed by atoms with Gasteiger partial charge in [-0.05, 0) is 0 Å². The fourth-order valence-corrected chi connectivity index (χ4v) is 1.98. The second-order valence-corrected chi connectivity index (χ2v) is 4.33. The highest BCUT2D eigenvalue weighted by Crippen LogP contribution is 2.29. The quantitative estimate of drug-likeness (QED) is 0.777. The van der Waals surface area contributed by atoms with E-state index in [2.05, 4.69) is 20.3 Å². The maximum Gasteiger partial charge on any atom is 0.242 e. The number of rotatable bonds is 3. The third-order valence-electron chi connectivity index (χ3n) is 2.67. The van der Waals surface area contributed by atoms with E-state index in [0.29, 0.717) is 24.7 Å². The van der Waals surface area contributed by atoms with Gasteiger partial charge in [0.05, 0.1) is 13.7 Å². The van der Waals surface area contributed by atoms with Gasteiger partial charge in [-0.2, -0.15) is 4.98 Å². The summed E-state index contributed by atoms with van der Waals surface area (Å²) in [6.45, 7) is 2.12. The van der Waals surface area contributed by atoms with Gasteiger partial charge in [-0.25, -0.2) is 4.98 Å². The Balaban J connectivity index is 2.31. The Morgan fingerprint density at radius 1 is 1.55 bits per heavy atom. The minimum absolute atomic E-state index is 0.0824. The van der Waals surface area contributed by atoms with Gasteiger partial charge in [-0.1, -0.05) is 11.6 Å². The summed E-state index contributed by atoms with van der Waals surface area (Å²) < 4.78 is 5.11. The molecule has 1 aliphatic heterocycles. The molecule has 0 atom stereocenters. The Morgan fingerprint density at radius 3 is 2.90 bits per heavy atom. The van der Waals surface area contributed by atoms with E-state index >= 15 is 0 Å². The number of carbonyl (C=O) groups excluding carboxylic acids is 1. The van der Waals surface area contributed by atoms with Gasteiger partial charge in [0.25, 0.3) is 0 Å². The van der Waals surface area contributed by atoms with E-state index in [1.807, 2.05) is 0 Å². The molecule has 1 aromatic heterocycles. The van der Waals surface area contributed by atoms with Gasteiger partial charge in [0, 0.05) is 13.5 Å². The molecule has 0 aromatic carbocycles. The molecule has 20 heavy (non-hydrogen) atoms. The van der Waals surface area contributed by atoms with Crippen LogP contribution in [-0.4, -0.2) is 52.0 Å². The molecular formula is C11H14ClN5O3. The third-order valence-corrected chi connectivity index (χ3v) is 2.94. The number of ether oxygens (including phenoxy) is 1. The van der Waals surface area contributed by atoms with Crippen molar-refractivity contribution in [2.75, 3.05) is 25.5 Å². The zero-order valence-electron chi connectivity index (χ0n) is 11.1. The van der Waals surface area contributed by atoms with Crippen molar-refractivity contribution in [3.05, 3.63) is 11.0 Å². The number of hydrogen-bond donors (Lipinski definition) is 2. The highest BCUT2D eigenvalue weighted by molar-refractivity contribution is 6.33. The summed E-state index contributed by atoms with van der Waals surface area (Å²) in [7, 11) is 1.42. The van der Waals surface area contributed by atoms with Crippen LogP contribution in [0.2, 0.25) is 5.15 Å². The van der Waals surface area contributed by atoms with Gasteiger partial charge in [0.1, 0.15) is 12.3 Å².